The van der Waals surface area contributed by atoms with Gasteiger partial charge in [-0.05, 0) is 84.3 Å². The number of fused-ring (bicyclic) bond motifs is 1. The van der Waals surface area contributed by atoms with Gasteiger partial charge in [-0.15, -0.1) is 0 Å². The highest BCUT2D eigenvalue weighted by molar-refractivity contribution is 9.10. The van der Waals surface area contributed by atoms with Crippen molar-refractivity contribution in [2.45, 2.75) is 50.4 Å². The number of amides is 1. The number of halogens is 8. The molecule has 1 aromatic carbocycles. The lowest BCUT2D eigenvalue weighted by molar-refractivity contribution is -0.120. The maximum absolute atomic E-state index is 14.8. The quantitative estimate of drug-likeness (QED) is 0.295. The molecule has 2 aliphatic rings. The summed E-state index contributed by atoms with van der Waals surface area (Å²) >= 11 is 3.30. The molecule has 14 heteroatoms. The van der Waals surface area contributed by atoms with Crippen LogP contribution in [0.15, 0.2) is 51.1 Å². The van der Waals surface area contributed by atoms with E-state index < -0.39 is 76.6 Å². The number of pyridine rings is 1. The van der Waals surface area contributed by atoms with E-state index in [0.29, 0.717) is 10.5 Å². The minimum atomic E-state index is -5.06. The molecule has 0 aliphatic heterocycles. The summed E-state index contributed by atoms with van der Waals surface area (Å²) in [6, 6.07) is 4.62. The molecule has 1 aromatic heterocycles. The Morgan fingerprint density at radius 2 is 1.88 bits per heavy atom. The van der Waals surface area contributed by atoms with Gasteiger partial charge in [0.05, 0.1) is 11.7 Å². The molecule has 2 saturated carbocycles. The monoisotopic (exact) mass is 660 g/mol. The fourth-order valence-corrected chi connectivity index (χ4v) is 5.17. The normalized spacial score (nSPS) is 22.2. The smallest absolute Gasteiger partial charge is 0.394 e. The van der Waals surface area contributed by atoms with Crippen LogP contribution >= 0.6 is 15.9 Å². The molecule has 0 radical (unpaired) electrons. The SMILES string of the molecule is CC(C)(O)C#Cc1ccc(Br)c([C@H](Cc2cc(F)cc(F)c2)NC(=O)CN=C2C(=C(N)C(F)(F)F)[C@H]3C[C@H]3C2(F)F)n1. The van der Waals surface area contributed by atoms with Crippen LogP contribution in [0.25, 0.3) is 0 Å². The first kappa shape index (κ1) is 31.5. The highest BCUT2D eigenvalue weighted by atomic mass is 79.9. The molecule has 0 unspecified atom stereocenters. The van der Waals surface area contributed by atoms with E-state index in [2.05, 4.69) is 43.1 Å². The van der Waals surface area contributed by atoms with E-state index in [-0.39, 0.29) is 29.8 Å². The number of aliphatic hydroxyl groups is 1. The zero-order chi connectivity index (χ0) is 31.2. The molecule has 1 amide bonds. The van der Waals surface area contributed by atoms with E-state index in [1.807, 2.05) is 0 Å². The molecular weight excluding hydrogens is 637 g/mol. The van der Waals surface area contributed by atoms with Gasteiger partial charge in [0.2, 0.25) is 5.91 Å². The van der Waals surface area contributed by atoms with Gasteiger partial charge in [-0.1, -0.05) is 5.92 Å². The molecule has 2 aliphatic carbocycles. The largest absolute Gasteiger partial charge is 0.431 e. The average Bonchev–Trinajstić information content (AvgIpc) is 3.61. The van der Waals surface area contributed by atoms with Crippen molar-refractivity contribution in [1.29, 1.82) is 0 Å². The number of rotatable bonds is 6. The van der Waals surface area contributed by atoms with Crippen LogP contribution in [0.1, 0.15) is 43.3 Å². The van der Waals surface area contributed by atoms with Gasteiger partial charge in [0.1, 0.15) is 40.9 Å². The predicted octanol–water partition coefficient (Wildman–Crippen LogP) is 5.15. The molecule has 3 atom stereocenters. The van der Waals surface area contributed by atoms with Crippen molar-refractivity contribution in [3.8, 4) is 11.8 Å². The number of hydrogen-bond donors (Lipinski definition) is 3. The Labute approximate surface area is 244 Å². The first-order valence-electron chi connectivity index (χ1n) is 12.5. The Morgan fingerprint density at radius 3 is 2.48 bits per heavy atom. The number of aromatic nitrogens is 1. The molecule has 224 valence electrons. The Bertz CT molecular complexity index is 1520. The van der Waals surface area contributed by atoms with E-state index in [1.165, 1.54) is 26.0 Å². The fourth-order valence-electron chi connectivity index (χ4n) is 4.68. The average molecular weight is 661 g/mol. The van der Waals surface area contributed by atoms with Gasteiger partial charge >= 0.3 is 6.18 Å². The molecule has 1 heterocycles. The van der Waals surface area contributed by atoms with Crippen molar-refractivity contribution >= 4 is 27.5 Å². The lowest BCUT2D eigenvalue weighted by Crippen LogP contribution is -2.35. The summed E-state index contributed by atoms with van der Waals surface area (Å²) < 4.78 is 97.6. The number of aliphatic imine (C=N–C) groups is 1. The number of nitrogens with one attached hydrogen (secondary N) is 1. The maximum atomic E-state index is 14.8. The summed E-state index contributed by atoms with van der Waals surface area (Å²) in [4.78, 5) is 20.9. The second kappa shape index (κ2) is 11.3. The summed E-state index contributed by atoms with van der Waals surface area (Å²) in [5.74, 6) is -3.69. The summed E-state index contributed by atoms with van der Waals surface area (Å²) in [7, 11) is 0. The second-order valence-electron chi connectivity index (χ2n) is 10.5. The lowest BCUT2D eigenvalue weighted by atomic mass is 10.0. The first-order valence-corrected chi connectivity index (χ1v) is 13.3. The second-order valence-corrected chi connectivity index (χ2v) is 11.4. The molecular formula is C28H24BrF7N4O2. The van der Waals surface area contributed by atoms with Gasteiger partial charge < -0.3 is 16.2 Å². The minimum Gasteiger partial charge on any atom is -0.394 e. The van der Waals surface area contributed by atoms with Crippen LogP contribution in [-0.2, 0) is 11.2 Å². The van der Waals surface area contributed by atoms with E-state index in [0.717, 1.165) is 12.1 Å². The highest BCUT2D eigenvalue weighted by Crippen LogP contribution is 2.62. The summed E-state index contributed by atoms with van der Waals surface area (Å²) in [5.41, 5.74) is 0.580. The van der Waals surface area contributed by atoms with E-state index in [1.54, 1.807) is 0 Å². The van der Waals surface area contributed by atoms with E-state index in [4.69, 9.17) is 5.73 Å². The summed E-state index contributed by atoms with van der Waals surface area (Å²) in [6.45, 7) is 1.91. The van der Waals surface area contributed by atoms with Crippen LogP contribution in [-0.4, -0.2) is 46.0 Å². The van der Waals surface area contributed by atoms with E-state index in [9.17, 15) is 40.6 Å². The zero-order valence-corrected chi connectivity index (χ0v) is 23.7. The summed E-state index contributed by atoms with van der Waals surface area (Å²) in [5, 5.41) is 12.4. The van der Waals surface area contributed by atoms with Crippen molar-refractivity contribution in [3.05, 3.63) is 74.7 Å². The number of carbonyl (C=O) groups excluding carboxylic acids is 1. The number of alkyl halides is 5. The van der Waals surface area contributed by atoms with Gasteiger partial charge in [-0.3, -0.25) is 9.79 Å². The lowest BCUT2D eigenvalue weighted by Gasteiger charge is -2.21. The van der Waals surface area contributed by atoms with Crippen molar-refractivity contribution < 1.29 is 40.6 Å². The molecule has 4 N–H and O–H groups in total. The van der Waals surface area contributed by atoms with Crippen LogP contribution in [0, 0.1) is 35.3 Å². The van der Waals surface area contributed by atoms with Crippen LogP contribution < -0.4 is 11.1 Å². The molecule has 0 spiro atoms. The highest BCUT2D eigenvalue weighted by Gasteiger charge is 2.68. The van der Waals surface area contributed by atoms with Crippen molar-refractivity contribution in [1.82, 2.24) is 10.3 Å². The number of benzene rings is 1. The molecule has 0 bridgehead atoms. The van der Waals surface area contributed by atoms with Gasteiger partial charge in [-0.25, -0.2) is 13.8 Å². The molecule has 2 fully saturated rings. The topological polar surface area (TPSA) is 101 Å². The summed E-state index contributed by atoms with van der Waals surface area (Å²) in [6.07, 6.45) is -5.46. The molecule has 4 rings (SSSR count). The zero-order valence-electron chi connectivity index (χ0n) is 22.1. The molecule has 2 aromatic rings. The van der Waals surface area contributed by atoms with Crippen molar-refractivity contribution in [2.75, 3.05) is 6.54 Å². The number of hydrogen-bond acceptors (Lipinski definition) is 5. The third-order valence-electron chi connectivity index (χ3n) is 6.57. The first-order chi connectivity index (χ1) is 19.4. The van der Waals surface area contributed by atoms with Gasteiger partial charge in [0, 0.05) is 22.0 Å². The van der Waals surface area contributed by atoms with Crippen LogP contribution in [0.5, 0.6) is 0 Å². The predicted molar refractivity (Wildman–Crippen MR) is 142 cm³/mol. The van der Waals surface area contributed by atoms with Gasteiger partial charge in [0.15, 0.2) is 0 Å². The molecule has 6 nitrogen and oxygen atoms in total. The Kier molecular flexibility index (Phi) is 8.50. The minimum absolute atomic E-state index is 0.108. The number of allylic oxidation sites excluding steroid dienone is 2. The van der Waals surface area contributed by atoms with Gasteiger partial charge in [-0.2, -0.15) is 22.0 Å². The third kappa shape index (κ3) is 7.12. The maximum Gasteiger partial charge on any atom is 0.431 e. The van der Waals surface area contributed by atoms with Crippen LogP contribution in [0.2, 0.25) is 0 Å². The number of carbonyl (C=O) groups is 1. The Balaban J connectivity index is 1.67. The van der Waals surface area contributed by atoms with Crippen LogP contribution in [0.4, 0.5) is 30.7 Å². The van der Waals surface area contributed by atoms with Gasteiger partial charge in [0.25, 0.3) is 5.92 Å². The third-order valence-corrected chi connectivity index (χ3v) is 7.24. The van der Waals surface area contributed by atoms with Crippen molar-refractivity contribution in [3.63, 3.8) is 0 Å². The number of nitrogens with two attached hydrogens (primary N) is 1. The van der Waals surface area contributed by atoms with Crippen molar-refractivity contribution in [2.24, 2.45) is 22.6 Å². The molecule has 42 heavy (non-hydrogen) atoms. The fraction of sp³-hybridized carbons (Fsp3) is 0.393. The molecule has 0 saturated heterocycles. The standard InChI is InChI=1S/C28H24BrF7N4O2/c1-26(2,42)6-5-16-3-4-19(29)23(39-16)20(9-13-7-14(30)10-15(31)8-13)40-21(41)12-38-25-22(24(37)28(34,35)36)17-11-18(17)27(25,32)33/h3-4,7-8,10,17-18,20,42H,9,11-12,37H2,1-2H3,(H,40,41)/t17-,18+,20-/m0/s1. The number of nitrogens with zero attached hydrogens (tertiary/aromatic N) is 2. The Hall–Kier alpha value is -3.44. The van der Waals surface area contributed by atoms with Crippen LogP contribution in [0.3, 0.4) is 0 Å². The Morgan fingerprint density at radius 1 is 1.24 bits per heavy atom. The van der Waals surface area contributed by atoms with E-state index >= 15 is 0 Å².